The van der Waals surface area contributed by atoms with Crippen LogP contribution in [0.25, 0.3) is 0 Å². The van der Waals surface area contributed by atoms with E-state index in [1.54, 1.807) is 7.11 Å². The maximum atomic E-state index is 5.58. The zero-order chi connectivity index (χ0) is 13.5. The third kappa shape index (κ3) is 3.81. The van der Waals surface area contributed by atoms with Crippen molar-refractivity contribution in [1.82, 2.24) is 5.32 Å². The summed E-state index contributed by atoms with van der Waals surface area (Å²) in [4.78, 5) is 0. The first-order valence-electron chi connectivity index (χ1n) is 6.44. The van der Waals surface area contributed by atoms with Crippen molar-refractivity contribution in [2.75, 3.05) is 7.11 Å². The van der Waals surface area contributed by atoms with Crippen molar-refractivity contribution < 1.29 is 4.74 Å². The van der Waals surface area contributed by atoms with Gasteiger partial charge in [-0.15, -0.1) is 0 Å². The number of rotatable bonds is 6. The van der Waals surface area contributed by atoms with Gasteiger partial charge in [-0.05, 0) is 17.2 Å². The van der Waals surface area contributed by atoms with Crippen LogP contribution in [0.4, 0.5) is 0 Å². The van der Waals surface area contributed by atoms with E-state index in [1.165, 1.54) is 11.1 Å². The van der Waals surface area contributed by atoms with Gasteiger partial charge in [-0.3, -0.25) is 0 Å². The molecule has 0 heterocycles. The first-order valence-corrected chi connectivity index (χ1v) is 6.44. The van der Waals surface area contributed by atoms with Crippen LogP contribution in [0.5, 0.6) is 5.75 Å². The summed E-state index contributed by atoms with van der Waals surface area (Å²) in [6, 6.07) is 16.4. The van der Waals surface area contributed by atoms with E-state index >= 15 is 0 Å². The van der Waals surface area contributed by atoms with E-state index in [0.717, 1.165) is 24.4 Å². The predicted octanol–water partition coefficient (Wildman–Crippen LogP) is 2.44. The highest BCUT2D eigenvalue weighted by atomic mass is 16.5. The number of benzene rings is 2. The predicted molar refractivity (Wildman–Crippen MR) is 77.9 cm³/mol. The molecule has 0 aliphatic carbocycles. The Labute approximate surface area is 114 Å². The van der Waals surface area contributed by atoms with Crippen molar-refractivity contribution in [1.29, 1.82) is 0 Å². The Morgan fingerprint density at radius 2 is 1.63 bits per heavy atom. The van der Waals surface area contributed by atoms with Gasteiger partial charge < -0.3 is 15.8 Å². The van der Waals surface area contributed by atoms with Gasteiger partial charge in [0.2, 0.25) is 0 Å². The van der Waals surface area contributed by atoms with Crippen molar-refractivity contribution in [2.45, 2.75) is 19.6 Å². The normalized spacial score (nSPS) is 10.4. The lowest BCUT2D eigenvalue weighted by Crippen LogP contribution is -2.13. The molecule has 100 valence electrons. The zero-order valence-electron chi connectivity index (χ0n) is 11.2. The standard InChI is InChI=1S/C16H20N2O/c1-19-16-5-3-2-4-15(16)12-18-11-14-8-6-13(10-17)7-9-14/h2-9,18H,10-12,17H2,1H3. The molecule has 0 amide bonds. The van der Waals surface area contributed by atoms with Crippen LogP contribution in [0.15, 0.2) is 48.5 Å². The first kappa shape index (κ1) is 13.6. The zero-order valence-corrected chi connectivity index (χ0v) is 11.2. The number of ether oxygens (including phenoxy) is 1. The lowest BCUT2D eigenvalue weighted by atomic mass is 10.1. The Kier molecular flexibility index (Phi) is 4.95. The molecule has 0 saturated carbocycles. The molecule has 0 atom stereocenters. The van der Waals surface area contributed by atoms with Crippen LogP contribution in [0.3, 0.4) is 0 Å². The van der Waals surface area contributed by atoms with Crippen LogP contribution in [0.2, 0.25) is 0 Å². The van der Waals surface area contributed by atoms with E-state index < -0.39 is 0 Å². The van der Waals surface area contributed by atoms with E-state index in [2.05, 4.69) is 35.6 Å². The van der Waals surface area contributed by atoms with Crippen LogP contribution in [-0.4, -0.2) is 7.11 Å². The van der Waals surface area contributed by atoms with Gasteiger partial charge in [0.1, 0.15) is 5.75 Å². The molecule has 0 aromatic heterocycles. The molecular weight excluding hydrogens is 236 g/mol. The monoisotopic (exact) mass is 256 g/mol. The van der Waals surface area contributed by atoms with Crippen LogP contribution in [0, 0.1) is 0 Å². The Morgan fingerprint density at radius 1 is 0.947 bits per heavy atom. The molecule has 3 heteroatoms. The van der Waals surface area contributed by atoms with Crippen molar-refractivity contribution in [3.05, 3.63) is 65.2 Å². The molecule has 0 saturated heterocycles. The third-order valence-electron chi connectivity index (χ3n) is 3.10. The number of hydrogen-bond acceptors (Lipinski definition) is 3. The number of methoxy groups -OCH3 is 1. The van der Waals surface area contributed by atoms with E-state index in [4.69, 9.17) is 10.5 Å². The SMILES string of the molecule is COc1ccccc1CNCc1ccc(CN)cc1. The van der Waals surface area contributed by atoms with Crippen LogP contribution < -0.4 is 15.8 Å². The quantitative estimate of drug-likeness (QED) is 0.834. The number of nitrogens with one attached hydrogen (secondary N) is 1. The number of nitrogens with two attached hydrogens (primary N) is 1. The lowest BCUT2D eigenvalue weighted by Gasteiger charge is -2.09. The minimum Gasteiger partial charge on any atom is -0.496 e. The van der Waals surface area contributed by atoms with Crippen molar-refractivity contribution in [3.63, 3.8) is 0 Å². The second-order valence-electron chi connectivity index (χ2n) is 4.44. The number of hydrogen-bond donors (Lipinski definition) is 2. The highest BCUT2D eigenvalue weighted by Gasteiger charge is 2.00. The molecule has 0 bridgehead atoms. The second kappa shape index (κ2) is 6.92. The summed E-state index contributed by atoms with van der Waals surface area (Å²) in [6.07, 6.45) is 0. The van der Waals surface area contributed by atoms with E-state index in [1.807, 2.05) is 18.2 Å². The van der Waals surface area contributed by atoms with Gasteiger partial charge in [-0.2, -0.15) is 0 Å². The summed E-state index contributed by atoms with van der Waals surface area (Å²) in [5.74, 6) is 0.925. The van der Waals surface area contributed by atoms with Gasteiger partial charge >= 0.3 is 0 Å². The molecular formula is C16H20N2O. The molecule has 3 nitrogen and oxygen atoms in total. The van der Waals surface area contributed by atoms with E-state index in [9.17, 15) is 0 Å². The lowest BCUT2D eigenvalue weighted by molar-refractivity contribution is 0.407. The molecule has 0 aliphatic rings. The Hall–Kier alpha value is -1.84. The highest BCUT2D eigenvalue weighted by Crippen LogP contribution is 2.16. The summed E-state index contributed by atoms with van der Waals surface area (Å²) >= 11 is 0. The van der Waals surface area contributed by atoms with Gasteiger partial charge in [-0.25, -0.2) is 0 Å². The summed E-state index contributed by atoms with van der Waals surface area (Å²) in [7, 11) is 1.70. The summed E-state index contributed by atoms with van der Waals surface area (Å²) < 4.78 is 5.32. The van der Waals surface area contributed by atoms with Gasteiger partial charge in [-0.1, -0.05) is 42.5 Å². The molecule has 19 heavy (non-hydrogen) atoms. The minimum absolute atomic E-state index is 0.592. The molecule has 0 aliphatic heterocycles. The molecule has 2 aromatic rings. The average molecular weight is 256 g/mol. The van der Waals surface area contributed by atoms with Crippen LogP contribution >= 0.6 is 0 Å². The van der Waals surface area contributed by atoms with Gasteiger partial charge in [0, 0.05) is 25.2 Å². The van der Waals surface area contributed by atoms with Crippen LogP contribution in [-0.2, 0) is 19.6 Å². The minimum atomic E-state index is 0.592. The Balaban J connectivity index is 1.88. The highest BCUT2D eigenvalue weighted by molar-refractivity contribution is 5.33. The molecule has 0 spiro atoms. The molecule has 0 fully saturated rings. The second-order valence-corrected chi connectivity index (χ2v) is 4.44. The smallest absolute Gasteiger partial charge is 0.123 e. The van der Waals surface area contributed by atoms with Crippen LogP contribution in [0.1, 0.15) is 16.7 Å². The van der Waals surface area contributed by atoms with E-state index in [-0.39, 0.29) is 0 Å². The number of para-hydroxylation sites is 1. The van der Waals surface area contributed by atoms with Gasteiger partial charge in [0.05, 0.1) is 7.11 Å². The maximum Gasteiger partial charge on any atom is 0.123 e. The summed E-state index contributed by atoms with van der Waals surface area (Å²) in [6.45, 7) is 2.22. The van der Waals surface area contributed by atoms with Crippen molar-refractivity contribution >= 4 is 0 Å². The summed E-state index contributed by atoms with van der Waals surface area (Å²) in [5, 5.41) is 3.42. The van der Waals surface area contributed by atoms with Gasteiger partial charge in [0.15, 0.2) is 0 Å². The Morgan fingerprint density at radius 3 is 2.32 bits per heavy atom. The first-order chi connectivity index (χ1) is 9.33. The largest absolute Gasteiger partial charge is 0.496 e. The molecule has 3 N–H and O–H groups in total. The maximum absolute atomic E-state index is 5.58. The molecule has 0 unspecified atom stereocenters. The molecule has 0 radical (unpaired) electrons. The van der Waals surface area contributed by atoms with E-state index in [0.29, 0.717) is 6.54 Å². The topological polar surface area (TPSA) is 47.3 Å². The fraction of sp³-hybridized carbons (Fsp3) is 0.250. The third-order valence-corrected chi connectivity index (χ3v) is 3.10. The Bertz CT molecular complexity index is 508. The fourth-order valence-electron chi connectivity index (χ4n) is 1.98. The average Bonchev–Trinajstić information content (AvgIpc) is 2.48. The molecule has 2 rings (SSSR count). The van der Waals surface area contributed by atoms with Crippen molar-refractivity contribution in [3.8, 4) is 5.75 Å². The molecule has 2 aromatic carbocycles. The van der Waals surface area contributed by atoms with Crippen molar-refractivity contribution in [2.24, 2.45) is 5.73 Å². The fourth-order valence-corrected chi connectivity index (χ4v) is 1.98. The summed E-state index contributed by atoms with van der Waals surface area (Å²) in [5.41, 5.74) is 9.17. The van der Waals surface area contributed by atoms with Gasteiger partial charge in [0.25, 0.3) is 0 Å².